The molecule has 1 amide bonds. The number of hydrogen-bond donors (Lipinski definition) is 2. The summed E-state index contributed by atoms with van der Waals surface area (Å²) in [5, 5.41) is 5.40. The summed E-state index contributed by atoms with van der Waals surface area (Å²) in [4.78, 5) is 12.3. The van der Waals surface area contributed by atoms with Gasteiger partial charge in [0.2, 0.25) is 10.0 Å². The zero-order valence-corrected chi connectivity index (χ0v) is 17.4. The van der Waals surface area contributed by atoms with E-state index in [2.05, 4.69) is 10.6 Å². The minimum absolute atomic E-state index is 0.0578. The van der Waals surface area contributed by atoms with Gasteiger partial charge in [0.15, 0.2) is 5.11 Å². The van der Waals surface area contributed by atoms with Crippen LogP contribution in [0, 0.1) is 5.82 Å². The van der Waals surface area contributed by atoms with E-state index in [4.69, 9.17) is 12.2 Å². The Bertz CT molecular complexity index is 969. The Morgan fingerprint density at radius 3 is 2.10 bits per heavy atom. The van der Waals surface area contributed by atoms with E-state index in [-0.39, 0.29) is 15.6 Å². The van der Waals surface area contributed by atoms with E-state index in [0.717, 1.165) is 25.7 Å². The van der Waals surface area contributed by atoms with Crippen molar-refractivity contribution in [3.8, 4) is 0 Å². The van der Waals surface area contributed by atoms with Crippen LogP contribution in [0.25, 0.3) is 0 Å². The first-order valence-electron chi connectivity index (χ1n) is 9.34. The van der Waals surface area contributed by atoms with Crippen molar-refractivity contribution in [3.63, 3.8) is 0 Å². The maximum Gasteiger partial charge on any atom is 0.257 e. The Balaban J connectivity index is 1.61. The molecule has 2 N–H and O–H groups in total. The average molecular weight is 436 g/mol. The van der Waals surface area contributed by atoms with Gasteiger partial charge >= 0.3 is 0 Å². The molecule has 0 aliphatic carbocycles. The second kappa shape index (κ2) is 9.43. The monoisotopic (exact) mass is 435 g/mol. The fraction of sp³-hybridized carbons (Fsp3) is 0.300. The zero-order valence-electron chi connectivity index (χ0n) is 15.7. The molecule has 0 radical (unpaired) electrons. The van der Waals surface area contributed by atoms with Crippen LogP contribution in [-0.2, 0) is 10.0 Å². The fourth-order valence-electron chi connectivity index (χ4n) is 3.08. The number of anilines is 1. The molecule has 0 spiro atoms. The fourth-order valence-corrected chi connectivity index (χ4v) is 4.81. The molecule has 29 heavy (non-hydrogen) atoms. The normalized spacial score (nSPS) is 15.3. The highest BCUT2D eigenvalue weighted by molar-refractivity contribution is 7.89. The van der Waals surface area contributed by atoms with Gasteiger partial charge in [0.1, 0.15) is 5.82 Å². The summed E-state index contributed by atoms with van der Waals surface area (Å²) in [6, 6.07) is 11.3. The molecule has 0 bridgehead atoms. The van der Waals surface area contributed by atoms with Crippen molar-refractivity contribution in [2.24, 2.45) is 0 Å². The van der Waals surface area contributed by atoms with Crippen LogP contribution in [0.4, 0.5) is 10.1 Å². The minimum atomic E-state index is -3.52. The van der Waals surface area contributed by atoms with Crippen LogP contribution in [0.15, 0.2) is 53.4 Å². The Hall–Kier alpha value is -2.36. The second-order valence-electron chi connectivity index (χ2n) is 6.76. The number of nitrogens with one attached hydrogen (secondary N) is 2. The van der Waals surface area contributed by atoms with E-state index in [1.807, 2.05) is 0 Å². The van der Waals surface area contributed by atoms with Crippen LogP contribution in [0.3, 0.4) is 0 Å². The smallest absolute Gasteiger partial charge is 0.257 e. The van der Waals surface area contributed by atoms with Crippen molar-refractivity contribution in [2.75, 3.05) is 18.4 Å². The predicted molar refractivity (Wildman–Crippen MR) is 114 cm³/mol. The molecule has 0 unspecified atom stereocenters. The average Bonchev–Trinajstić information content (AvgIpc) is 2.99. The van der Waals surface area contributed by atoms with Crippen molar-refractivity contribution in [1.29, 1.82) is 0 Å². The molecule has 9 heteroatoms. The number of thiocarbonyl (C=S) groups is 1. The summed E-state index contributed by atoms with van der Waals surface area (Å²) in [5.41, 5.74) is 0.818. The van der Waals surface area contributed by atoms with Gasteiger partial charge in [-0.05, 0) is 73.6 Å². The molecule has 0 aromatic heterocycles. The van der Waals surface area contributed by atoms with Crippen molar-refractivity contribution in [3.05, 3.63) is 59.9 Å². The minimum Gasteiger partial charge on any atom is -0.332 e. The number of hydrogen-bond acceptors (Lipinski definition) is 4. The summed E-state index contributed by atoms with van der Waals surface area (Å²) in [7, 11) is -3.52. The highest BCUT2D eigenvalue weighted by Crippen LogP contribution is 2.21. The van der Waals surface area contributed by atoms with Crippen LogP contribution in [0.1, 0.15) is 36.0 Å². The van der Waals surface area contributed by atoms with Gasteiger partial charge in [0, 0.05) is 24.3 Å². The predicted octanol–water partition coefficient (Wildman–Crippen LogP) is 3.52. The number of carbonyl (C=O) groups excluding carboxylic acids is 1. The van der Waals surface area contributed by atoms with Crippen LogP contribution in [0.2, 0.25) is 0 Å². The van der Waals surface area contributed by atoms with E-state index < -0.39 is 21.7 Å². The quantitative estimate of drug-likeness (QED) is 0.719. The lowest BCUT2D eigenvalue weighted by Crippen LogP contribution is -2.34. The second-order valence-corrected chi connectivity index (χ2v) is 9.10. The standard InChI is InChI=1S/C20H22FN3O3S2/c21-16-7-5-15(6-8-16)19(25)23-20(28)22-17-9-11-18(12-10-17)29(26,27)24-13-3-1-2-4-14-24/h5-12H,1-4,13-14H2,(H2,22,23,25,28). The van der Waals surface area contributed by atoms with Gasteiger partial charge < -0.3 is 5.32 Å². The van der Waals surface area contributed by atoms with E-state index in [0.29, 0.717) is 18.8 Å². The lowest BCUT2D eigenvalue weighted by molar-refractivity contribution is 0.0977. The maximum atomic E-state index is 12.9. The Morgan fingerprint density at radius 1 is 0.931 bits per heavy atom. The third-order valence-corrected chi connectivity index (χ3v) is 6.77. The Morgan fingerprint density at radius 2 is 1.52 bits per heavy atom. The molecule has 0 atom stereocenters. The molecule has 1 saturated heterocycles. The SMILES string of the molecule is O=C(NC(=S)Nc1ccc(S(=O)(=O)N2CCCCCC2)cc1)c1ccc(F)cc1. The van der Waals surface area contributed by atoms with Gasteiger partial charge in [0.05, 0.1) is 4.90 Å². The van der Waals surface area contributed by atoms with Gasteiger partial charge in [-0.25, -0.2) is 12.8 Å². The first-order chi connectivity index (χ1) is 13.9. The summed E-state index contributed by atoms with van der Waals surface area (Å²) >= 11 is 5.12. The van der Waals surface area contributed by atoms with Gasteiger partial charge in [-0.1, -0.05) is 12.8 Å². The number of nitrogens with zero attached hydrogens (tertiary/aromatic N) is 1. The number of rotatable bonds is 4. The van der Waals surface area contributed by atoms with Gasteiger partial charge in [-0.3, -0.25) is 10.1 Å². The Labute approximate surface area is 175 Å². The van der Waals surface area contributed by atoms with Crippen LogP contribution >= 0.6 is 12.2 Å². The lowest BCUT2D eigenvalue weighted by atomic mass is 10.2. The number of carbonyl (C=O) groups is 1. The molecule has 154 valence electrons. The lowest BCUT2D eigenvalue weighted by Gasteiger charge is -2.20. The van der Waals surface area contributed by atoms with E-state index in [1.54, 1.807) is 12.1 Å². The van der Waals surface area contributed by atoms with Gasteiger partial charge in [-0.15, -0.1) is 0 Å². The molecule has 2 aromatic rings. The number of sulfonamides is 1. The first-order valence-corrected chi connectivity index (χ1v) is 11.2. The molecule has 3 rings (SSSR count). The zero-order chi connectivity index (χ0) is 20.9. The third-order valence-electron chi connectivity index (χ3n) is 4.65. The molecule has 1 aliphatic heterocycles. The third kappa shape index (κ3) is 5.59. The van der Waals surface area contributed by atoms with Gasteiger partial charge in [-0.2, -0.15) is 4.31 Å². The Kier molecular flexibility index (Phi) is 6.94. The highest BCUT2D eigenvalue weighted by atomic mass is 32.2. The number of halogens is 1. The van der Waals surface area contributed by atoms with Gasteiger partial charge in [0.25, 0.3) is 5.91 Å². The molecule has 1 heterocycles. The first kappa shape index (κ1) is 21.4. The van der Waals surface area contributed by atoms with Crippen molar-refractivity contribution in [1.82, 2.24) is 9.62 Å². The molecular weight excluding hydrogens is 413 g/mol. The number of benzene rings is 2. The number of amides is 1. The van der Waals surface area contributed by atoms with Crippen molar-refractivity contribution >= 4 is 38.9 Å². The molecule has 0 saturated carbocycles. The summed E-state index contributed by atoms with van der Waals surface area (Å²) in [6.45, 7) is 1.09. The van der Waals surface area contributed by atoms with Crippen LogP contribution < -0.4 is 10.6 Å². The highest BCUT2D eigenvalue weighted by Gasteiger charge is 2.24. The van der Waals surface area contributed by atoms with Crippen molar-refractivity contribution < 1.29 is 17.6 Å². The topological polar surface area (TPSA) is 78.5 Å². The van der Waals surface area contributed by atoms with E-state index in [9.17, 15) is 17.6 Å². The summed E-state index contributed by atoms with van der Waals surface area (Å²) in [5.74, 6) is -0.902. The maximum absolute atomic E-state index is 12.9. The van der Waals surface area contributed by atoms with Crippen LogP contribution in [-0.4, -0.2) is 36.8 Å². The molecule has 1 aliphatic rings. The molecule has 6 nitrogen and oxygen atoms in total. The largest absolute Gasteiger partial charge is 0.332 e. The van der Waals surface area contributed by atoms with E-state index >= 15 is 0 Å². The van der Waals surface area contributed by atoms with E-state index in [1.165, 1.54) is 40.7 Å². The summed E-state index contributed by atoms with van der Waals surface area (Å²) in [6.07, 6.45) is 3.85. The molecule has 1 fully saturated rings. The van der Waals surface area contributed by atoms with Crippen LogP contribution in [0.5, 0.6) is 0 Å². The molecule has 2 aromatic carbocycles. The molecular formula is C20H22FN3O3S2. The summed E-state index contributed by atoms with van der Waals surface area (Å²) < 4.78 is 40.1. The van der Waals surface area contributed by atoms with Crippen molar-refractivity contribution in [2.45, 2.75) is 30.6 Å².